The highest BCUT2D eigenvalue weighted by Gasteiger charge is 2.08. The number of nitro groups is 1. The molecule has 7 heteroatoms. The zero-order valence-electron chi connectivity index (χ0n) is 10.8. The first-order chi connectivity index (χ1) is 10.1. The van der Waals surface area contributed by atoms with Crippen LogP contribution in [0.5, 0.6) is 0 Å². The molecule has 0 fully saturated rings. The van der Waals surface area contributed by atoms with Crippen molar-refractivity contribution in [2.45, 2.75) is 4.90 Å². The van der Waals surface area contributed by atoms with E-state index in [1.54, 1.807) is 36.4 Å². The number of carbonyl (C=O) groups excluding carboxylic acids is 1. The Labute approximate surface area is 130 Å². The van der Waals surface area contributed by atoms with Gasteiger partial charge in [0.15, 0.2) is 0 Å². The van der Waals surface area contributed by atoms with Crippen molar-refractivity contribution >= 4 is 40.6 Å². The number of hydrogen-bond donors (Lipinski definition) is 1. The lowest BCUT2D eigenvalue weighted by Crippen LogP contribution is -2.14. The first-order valence-corrected chi connectivity index (χ1v) is 7.34. The fourth-order valence-corrected chi connectivity index (χ4v) is 2.44. The van der Waals surface area contributed by atoms with Crippen molar-refractivity contribution in [1.82, 2.24) is 0 Å². The normalized spacial score (nSPS) is 10.1. The van der Waals surface area contributed by atoms with E-state index >= 15 is 0 Å². The molecule has 2 aromatic rings. The van der Waals surface area contributed by atoms with Crippen LogP contribution in [0.4, 0.5) is 11.4 Å². The first-order valence-electron chi connectivity index (χ1n) is 5.98. The van der Waals surface area contributed by atoms with Crippen molar-refractivity contribution in [3.63, 3.8) is 0 Å². The Morgan fingerprint density at radius 2 is 1.86 bits per heavy atom. The van der Waals surface area contributed by atoms with Gasteiger partial charge < -0.3 is 5.32 Å². The topological polar surface area (TPSA) is 72.2 Å². The first kappa shape index (κ1) is 15.3. The van der Waals surface area contributed by atoms with Gasteiger partial charge in [-0.1, -0.05) is 23.7 Å². The molecule has 1 N–H and O–H groups in total. The summed E-state index contributed by atoms with van der Waals surface area (Å²) in [4.78, 5) is 22.7. The second-order valence-corrected chi connectivity index (χ2v) is 5.52. The Morgan fingerprint density at radius 3 is 2.48 bits per heavy atom. The zero-order chi connectivity index (χ0) is 15.2. The molecule has 0 aliphatic rings. The summed E-state index contributed by atoms with van der Waals surface area (Å²) in [6.45, 7) is 0. The van der Waals surface area contributed by atoms with E-state index in [9.17, 15) is 14.9 Å². The molecule has 2 aromatic carbocycles. The van der Waals surface area contributed by atoms with Crippen LogP contribution in [0, 0.1) is 10.1 Å². The maximum absolute atomic E-state index is 11.8. The van der Waals surface area contributed by atoms with Gasteiger partial charge in [0.1, 0.15) is 0 Å². The molecule has 0 aliphatic heterocycles. The number of rotatable bonds is 5. The highest BCUT2D eigenvalue weighted by molar-refractivity contribution is 8.00. The molecule has 1 amide bonds. The Balaban J connectivity index is 1.89. The highest BCUT2D eigenvalue weighted by atomic mass is 35.5. The summed E-state index contributed by atoms with van der Waals surface area (Å²) in [6.07, 6.45) is 0. The monoisotopic (exact) mass is 322 g/mol. The summed E-state index contributed by atoms with van der Waals surface area (Å²) in [5.41, 5.74) is 0.591. The van der Waals surface area contributed by atoms with Gasteiger partial charge in [-0.05, 0) is 24.3 Å². The summed E-state index contributed by atoms with van der Waals surface area (Å²) in [5.74, 6) is 0.00898. The number of nitrogens with one attached hydrogen (secondary N) is 1. The molecule has 0 aliphatic carbocycles. The van der Waals surface area contributed by atoms with Gasteiger partial charge in [0.05, 0.1) is 21.4 Å². The number of amides is 1. The number of nitro benzene ring substituents is 1. The summed E-state index contributed by atoms with van der Waals surface area (Å²) in [6, 6.07) is 13.0. The van der Waals surface area contributed by atoms with Crippen LogP contribution in [0.15, 0.2) is 53.4 Å². The average Bonchev–Trinajstić information content (AvgIpc) is 2.48. The van der Waals surface area contributed by atoms with Gasteiger partial charge in [-0.3, -0.25) is 14.9 Å². The van der Waals surface area contributed by atoms with Crippen LogP contribution in [-0.2, 0) is 4.79 Å². The molecular formula is C14H11ClN2O3S. The lowest BCUT2D eigenvalue weighted by molar-refractivity contribution is -0.384. The number of benzene rings is 2. The molecule has 0 spiro atoms. The number of para-hydroxylation sites is 1. The van der Waals surface area contributed by atoms with E-state index in [1.165, 1.54) is 23.9 Å². The van der Waals surface area contributed by atoms with E-state index in [4.69, 9.17) is 11.6 Å². The van der Waals surface area contributed by atoms with E-state index in [-0.39, 0.29) is 17.3 Å². The summed E-state index contributed by atoms with van der Waals surface area (Å²) >= 11 is 7.24. The molecule has 0 radical (unpaired) electrons. The third-order valence-electron chi connectivity index (χ3n) is 2.57. The molecule has 0 saturated carbocycles. The highest BCUT2D eigenvalue weighted by Crippen LogP contribution is 2.23. The Kier molecular flexibility index (Phi) is 5.19. The lowest BCUT2D eigenvalue weighted by Gasteiger charge is -2.06. The van der Waals surface area contributed by atoms with Crippen molar-refractivity contribution in [3.05, 3.63) is 63.7 Å². The molecule has 0 saturated heterocycles. The zero-order valence-corrected chi connectivity index (χ0v) is 12.4. The molecule has 0 atom stereocenters. The molecule has 21 heavy (non-hydrogen) atoms. The average molecular weight is 323 g/mol. The molecule has 0 bridgehead atoms. The van der Waals surface area contributed by atoms with Gasteiger partial charge in [0.25, 0.3) is 5.69 Å². The summed E-state index contributed by atoms with van der Waals surface area (Å²) in [7, 11) is 0. The van der Waals surface area contributed by atoms with E-state index in [2.05, 4.69) is 5.32 Å². The van der Waals surface area contributed by atoms with Crippen molar-refractivity contribution in [1.29, 1.82) is 0 Å². The smallest absolute Gasteiger partial charge is 0.269 e. The Bertz CT molecular complexity index is 662. The van der Waals surface area contributed by atoms with E-state index in [0.29, 0.717) is 10.7 Å². The van der Waals surface area contributed by atoms with E-state index in [1.807, 2.05) is 0 Å². The second kappa shape index (κ2) is 7.10. The summed E-state index contributed by atoms with van der Waals surface area (Å²) in [5, 5.41) is 13.7. The fraction of sp³-hybridized carbons (Fsp3) is 0.0714. The number of nitrogens with zero attached hydrogens (tertiary/aromatic N) is 1. The van der Waals surface area contributed by atoms with Crippen LogP contribution in [0.1, 0.15) is 0 Å². The largest absolute Gasteiger partial charge is 0.324 e. The SMILES string of the molecule is O=C(CSc1ccc([N+](=O)[O-])cc1)Nc1ccccc1Cl. The Morgan fingerprint density at radius 1 is 1.19 bits per heavy atom. The van der Waals surface area contributed by atoms with Gasteiger partial charge >= 0.3 is 0 Å². The maximum Gasteiger partial charge on any atom is 0.269 e. The van der Waals surface area contributed by atoms with Crippen LogP contribution < -0.4 is 5.32 Å². The quantitative estimate of drug-likeness (QED) is 0.513. The number of carbonyl (C=O) groups is 1. The third-order valence-corrected chi connectivity index (χ3v) is 3.91. The van der Waals surface area contributed by atoms with Crippen molar-refractivity contribution in [2.75, 3.05) is 11.1 Å². The molecule has 5 nitrogen and oxygen atoms in total. The minimum absolute atomic E-state index is 0.0277. The number of thioether (sulfide) groups is 1. The van der Waals surface area contributed by atoms with Gasteiger partial charge in [0.2, 0.25) is 5.91 Å². The summed E-state index contributed by atoms with van der Waals surface area (Å²) < 4.78 is 0. The van der Waals surface area contributed by atoms with E-state index in [0.717, 1.165) is 4.90 Å². The maximum atomic E-state index is 11.8. The molecule has 2 rings (SSSR count). The molecule has 0 heterocycles. The van der Waals surface area contributed by atoms with Crippen molar-refractivity contribution in [3.8, 4) is 0 Å². The number of hydrogen-bond acceptors (Lipinski definition) is 4. The molecule has 0 aromatic heterocycles. The molecule has 0 unspecified atom stereocenters. The van der Waals surface area contributed by atoms with Crippen molar-refractivity contribution in [2.24, 2.45) is 0 Å². The van der Waals surface area contributed by atoms with Crippen LogP contribution >= 0.6 is 23.4 Å². The Hall–Kier alpha value is -2.05. The lowest BCUT2D eigenvalue weighted by atomic mass is 10.3. The predicted octanol–water partition coefficient (Wildman–Crippen LogP) is 3.98. The second-order valence-electron chi connectivity index (χ2n) is 4.07. The van der Waals surface area contributed by atoms with Gasteiger partial charge in [-0.15, -0.1) is 11.8 Å². The minimum Gasteiger partial charge on any atom is -0.324 e. The number of non-ortho nitro benzene ring substituents is 1. The molecule has 108 valence electrons. The van der Waals surface area contributed by atoms with Crippen LogP contribution in [-0.4, -0.2) is 16.6 Å². The van der Waals surface area contributed by atoms with Crippen LogP contribution in [0.3, 0.4) is 0 Å². The fourth-order valence-electron chi connectivity index (χ4n) is 1.56. The van der Waals surface area contributed by atoms with Gasteiger partial charge in [-0.2, -0.15) is 0 Å². The number of anilines is 1. The predicted molar refractivity (Wildman–Crippen MR) is 83.9 cm³/mol. The van der Waals surface area contributed by atoms with E-state index < -0.39 is 4.92 Å². The number of halogens is 1. The van der Waals surface area contributed by atoms with Crippen molar-refractivity contribution < 1.29 is 9.72 Å². The van der Waals surface area contributed by atoms with Gasteiger partial charge in [0, 0.05) is 17.0 Å². The molecular weight excluding hydrogens is 312 g/mol. The minimum atomic E-state index is -0.460. The van der Waals surface area contributed by atoms with Crippen LogP contribution in [0.2, 0.25) is 5.02 Å². The third kappa shape index (κ3) is 4.47. The van der Waals surface area contributed by atoms with Gasteiger partial charge in [-0.25, -0.2) is 0 Å². The standard InChI is InChI=1S/C14H11ClN2O3S/c15-12-3-1-2-4-13(12)16-14(18)9-21-11-7-5-10(6-8-11)17(19)20/h1-8H,9H2,(H,16,18). The van der Waals surface area contributed by atoms with Crippen LogP contribution in [0.25, 0.3) is 0 Å².